The highest BCUT2D eigenvalue weighted by Gasteiger charge is 2.10. The van der Waals surface area contributed by atoms with E-state index in [4.69, 9.17) is 0 Å². The molecule has 0 radical (unpaired) electrons. The number of benzene rings is 1. The highest BCUT2D eigenvalue weighted by molar-refractivity contribution is 6.00. The third-order valence-electron chi connectivity index (χ3n) is 3.01. The summed E-state index contributed by atoms with van der Waals surface area (Å²) in [6.07, 6.45) is 0. The number of hydrogen-bond donors (Lipinski definition) is 4. The first-order valence-electron chi connectivity index (χ1n) is 6.35. The molecule has 7 nitrogen and oxygen atoms in total. The molecule has 110 valence electrons. The first-order chi connectivity index (χ1) is 9.86. The first-order valence-corrected chi connectivity index (χ1v) is 6.35. The number of nitrogens with one attached hydrogen (secondary N) is 4. The predicted molar refractivity (Wildman–Crippen MR) is 81.0 cm³/mol. The molecule has 0 atom stereocenters. The molecule has 0 unspecified atom stereocenters. The van der Waals surface area contributed by atoms with Crippen molar-refractivity contribution in [2.75, 3.05) is 10.6 Å². The van der Waals surface area contributed by atoms with Gasteiger partial charge in [-0.1, -0.05) is 12.1 Å². The molecule has 0 fully saturated rings. The smallest absolute Gasteiger partial charge is 0.309 e. The van der Waals surface area contributed by atoms with E-state index in [1.165, 1.54) is 6.92 Å². The van der Waals surface area contributed by atoms with Crippen LogP contribution < -0.4 is 21.9 Å². The molecule has 21 heavy (non-hydrogen) atoms. The third kappa shape index (κ3) is 3.38. The normalized spacial score (nSPS) is 10.2. The largest absolute Gasteiger partial charge is 0.326 e. The Morgan fingerprint density at radius 1 is 1.05 bits per heavy atom. The van der Waals surface area contributed by atoms with Crippen LogP contribution in [0.1, 0.15) is 16.8 Å². The van der Waals surface area contributed by atoms with Crippen LogP contribution >= 0.6 is 0 Å². The van der Waals surface area contributed by atoms with Crippen molar-refractivity contribution in [3.63, 3.8) is 0 Å². The summed E-state index contributed by atoms with van der Waals surface area (Å²) in [6, 6.07) is 5.11. The van der Waals surface area contributed by atoms with E-state index in [1.54, 1.807) is 0 Å². The number of rotatable bonds is 2. The number of aromatic amines is 2. The van der Waals surface area contributed by atoms with Crippen LogP contribution in [0, 0.1) is 20.8 Å². The van der Waals surface area contributed by atoms with Gasteiger partial charge in [0.1, 0.15) is 5.69 Å². The van der Waals surface area contributed by atoms with E-state index in [0.717, 1.165) is 11.1 Å². The van der Waals surface area contributed by atoms with Gasteiger partial charge in [0.25, 0.3) is 5.56 Å². The molecule has 0 saturated carbocycles. The summed E-state index contributed by atoms with van der Waals surface area (Å²) in [7, 11) is 0. The van der Waals surface area contributed by atoms with E-state index in [2.05, 4.69) is 20.6 Å². The maximum atomic E-state index is 12.0. The minimum absolute atomic E-state index is 0.0115. The van der Waals surface area contributed by atoms with Crippen molar-refractivity contribution in [3.8, 4) is 0 Å². The molecule has 7 heteroatoms. The third-order valence-corrected chi connectivity index (χ3v) is 3.01. The van der Waals surface area contributed by atoms with E-state index < -0.39 is 17.3 Å². The number of amides is 2. The van der Waals surface area contributed by atoms with Crippen LogP contribution in [0.15, 0.2) is 27.8 Å². The Bertz CT molecular complexity index is 805. The zero-order valence-electron chi connectivity index (χ0n) is 12.0. The van der Waals surface area contributed by atoms with Crippen molar-refractivity contribution in [3.05, 3.63) is 55.9 Å². The van der Waals surface area contributed by atoms with Gasteiger partial charge in [0, 0.05) is 11.4 Å². The van der Waals surface area contributed by atoms with E-state index in [0.29, 0.717) is 11.4 Å². The Morgan fingerprint density at radius 3 is 2.43 bits per heavy atom. The summed E-state index contributed by atoms with van der Waals surface area (Å²) in [5, 5.41) is 5.11. The van der Waals surface area contributed by atoms with Crippen LogP contribution in [0.25, 0.3) is 0 Å². The van der Waals surface area contributed by atoms with Gasteiger partial charge in [0.15, 0.2) is 0 Å². The van der Waals surface area contributed by atoms with Crippen LogP contribution in [0.4, 0.5) is 16.2 Å². The van der Waals surface area contributed by atoms with Gasteiger partial charge in [-0.15, -0.1) is 0 Å². The van der Waals surface area contributed by atoms with E-state index in [9.17, 15) is 14.4 Å². The zero-order chi connectivity index (χ0) is 15.6. The minimum atomic E-state index is -0.646. The van der Waals surface area contributed by atoms with Crippen molar-refractivity contribution in [2.24, 2.45) is 0 Å². The highest BCUT2D eigenvalue weighted by atomic mass is 16.2. The van der Waals surface area contributed by atoms with Gasteiger partial charge < -0.3 is 15.6 Å². The van der Waals surface area contributed by atoms with E-state index in [-0.39, 0.29) is 5.69 Å². The number of hydrogen-bond acceptors (Lipinski definition) is 3. The van der Waals surface area contributed by atoms with Crippen molar-refractivity contribution in [1.82, 2.24) is 9.97 Å². The number of carbonyl (C=O) groups excluding carboxylic acids is 1. The second-order valence-corrected chi connectivity index (χ2v) is 4.81. The maximum absolute atomic E-state index is 12.0. The summed E-state index contributed by atoms with van der Waals surface area (Å²) < 4.78 is 0. The second kappa shape index (κ2) is 5.66. The van der Waals surface area contributed by atoms with Gasteiger partial charge in [0.2, 0.25) is 0 Å². The van der Waals surface area contributed by atoms with Gasteiger partial charge in [0.05, 0.1) is 0 Å². The molecule has 2 aromatic rings. The lowest BCUT2D eigenvalue weighted by Gasteiger charge is -2.11. The topological polar surface area (TPSA) is 107 Å². The fourth-order valence-corrected chi connectivity index (χ4v) is 1.89. The highest BCUT2D eigenvalue weighted by Crippen LogP contribution is 2.16. The Balaban J connectivity index is 2.21. The number of aryl methyl sites for hydroxylation is 3. The van der Waals surface area contributed by atoms with E-state index >= 15 is 0 Å². The van der Waals surface area contributed by atoms with Gasteiger partial charge in [-0.05, 0) is 38.0 Å². The van der Waals surface area contributed by atoms with Gasteiger partial charge in [-0.2, -0.15) is 0 Å². The van der Waals surface area contributed by atoms with E-state index in [1.807, 2.05) is 32.0 Å². The standard InChI is InChI=1S/C14H16N4O3/c1-7-4-5-8(2)10(6-7)16-14(21)17-11-9(3)15-13(20)18-12(11)19/h4-6H,1-3H3,(H2,16,17,21)(H2,15,18,19,20). The molecule has 2 rings (SSSR count). The SMILES string of the molecule is Cc1ccc(C)c(NC(=O)Nc2c(C)[nH]c(=O)[nH]c2=O)c1. The van der Waals surface area contributed by atoms with Crippen LogP contribution in [-0.2, 0) is 0 Å². The monoisotopic (exact) mass is 288 g/mol. The quantitative estimate of drug-likeness (QED) is 0.674. The van der Waals surface area contributed by atoms with Crippen molar-refractivity contribution in [1.29, 1.82) is 0 Å². The minimum Gasteiger partial charge on any atom is -0.309 e. The number of aromatic nitrogens is 2. The Labute approximate surface area is 120 Å². The molecule has 0 bridgehead atoms. The summed E-state index contributed by atoms with van der Waals surface area (Å²) in [4.78, 5) is 39.2. The number of anilines is 2. The molecule has 1 heterocycles. The summed E-state index contributed by atoms with van der Waals surface area (Å²) >= 11 is 0. The van der Waals surface area contributed by atoms with Crippen molar-refractivity contribution < 1.29 is 4.79 Å². The zero-order valence-corrected chi connectivity index (χ0v) is 12.0. The molecule has 4 N–H and O–H groups in total. The Kier molecular flexibility index (Phi) is 3.93. The number of carbonyl (C=O) groups is 1. The van der Waals surface area contributed by atoms with Crippen LogP contribution in [0.3, 0.4) is 0 Å². The number of urea groups is 1. The molecule has 2 amide bonds. The summed E-state index contributed by atoms with van der Waals surface area (Å²) in [5.74, 6) is 0. The number of H-pyrrole nitrogens is 2. The lowest BCUT2D eigenvalue weighted by Crippen LogP contribution is -2.30. The molecule has 0 aliphatic carbocycles. The molecule has 1 aromatic carbocycles. The molecule has 0 aliphatic rings. The molecule has 0 spiro atoms. The molecular weight excluding hydrogens is 272 g/mol. The fraction of sp³-hybridized carbons (Fsp3) is 0.214. The predicted octanol–water partition coefficient (Wildman–Crippen LogP) is 1.63. The average Bonchev–Trinajstić information content (AvgIpc) is 2.38. The molecule has 0 aliphatic heterocycles. The fourth-order valence-electron chi connectivity index (χ4n) is 1.89. The lowest BCUT2D eigenvalue weighted by atomic mass is 10.1. The molecule has 0 saturated heterocycles. The summed E-state index contributed by atoms with van der Waals surface area (Å²) in [6.45, 7) is 5.32. The van der Waals surface area contributed by atoms with Gasteiger partial charge in [-0.25, -0.2) is 9.59 Å². The van der Waals surface area contributed by atoms with Crippen molar-refractivity contribution >= 4 is 17.4 Å². The van der Waals surface area contributed by atoms with Gasteiger partial charge >= 0.3 is 11.7 Å². The summed E-state index contributed by atoms with van der Waals surface area (Å²) in [5.41, 5.74) is 1.62. The van der Waals surface area contributed by atoms with Crippen LogP contribution in [0.2, 0.25) is 0 Å². The van der Waals surface area contributed by atoms with Crippen molar-refractivity contribution in [2.45, 2.75) is 20.8 Å². The van der Waals surface area contributed by atoms with Gasteiger partial charge in [-0.3, -0.25) is 9.78 Å². The maximum Gasteiger partial charge on any atom is 0.326 e. The molecule has 1 aromatic heterocycles. The van der Waals surface area contributed by atoms with Crippen LogP contribution in [-0.4, -0.2) is 16.0 Å². The Morgan fingerprint density at radius 2 is 1.76 bits per heavy atom. The molecular formula is C14H16N4O3. The average molecular weight is 288 g/mol. The first kappa shape index (κ1) is 14.6. The lowest BCUT2D eigenvalue weighted by molar-refractivity contribution is 0.262. The second-order valence-electron chi connectivity index (χ2n) is 4.81. The van der Waals surface area contributed by atoms with Crippen LogP contribution in [0.5, 0.6) is 0 Å². The Hall–Kier alpha value is -2.83.